The second kappa shape index (κ2) is 2.77. The van der Waals surface area contributed by atoms with Crippen LogP contribution in [0.3, 0.4) is 0 Å². The molecule has 11 heavy (non-hydrogen) atoms. The van der Waals surface area contributed by atoms with Gasteiger partial charge in [-0.05, 0) is 6.92 Å². The lowest BCUT2D eigenvalue weighted by Gasteiger charge is -2.01. The van der Waals surface area contributed by atoms with E-state index in [1.54, 1.807) is 0 Å². The SMILES string of the molecule is Cc1nc(N)ncc1C(F)F. The summed E-state index contributed by atoms with van der Waals surface area (Å²) in [5.41, 5.74) is 5.22. The maximum absolute atomic E-state index is 12.0. The minimum absolute atomic E-state index is 0.0203. The number of aryl methyl sites for hydroxylation is 1. The van der Waals surface area contributed by atoms with Crippen molar-refractivity contribution in [3.05, 3.63) is 17.5 Å². The number of nitrogens with two attached hydrogens (primary N) is 1. The van der Waals surface area contributed by atoms with Crippen LogP contribution in [0.1, 0.15) is 17.7 Å². The number of nitrogen functional groups attached to an aromatic ring is 1. The van der Waals surface area contributed by atoms with Crippen LogP contribution in [0.5, 0.6) is 0 Å². The summed E-state index contributed by atoms with van der Waals surface area (Å²) in [4.78, 5) is 7.03. The van der Waals surface area contributed by atoms with Crippen molar-refractivity contribution in [2.45, 2.75) is 13.3 Å². The summed E-state index contributed by atoms with van der Waals surface area (Å²) in [6.07, 6.45) is -1.49. The monoisotopic (exact) mass is 159 g/mol. The molecule has 0 fully saturated rings. The summed E-state index contributed by atoms with van der Waals surface area (Å²) < 4.78 is 24.1. The zero-order valence-corrected chi connectivity index (χ0v) is 5.88. The zero-order chi connectivity index (χ0) is 8.43. The van der Waals surface area contributed by atoms with E-state index in [9.17, 15) is 8.78 Å². The Bertz CT molecular complexity index is 262. The molecule has 0 amide bonds. The Labute approximate surface area is 62.3 Å². The average molecular weight is 159 g/mol. The Morgan fingerprint density at radius 2 is 2.18 bits per heavy atom. The third kappa shape index (κ3) is 1.60. The molecule has 5 heteroatoms. The Morgan fingerprint density at radius 1 is 1.55 bits per heavy atom. The molecule has 1 aromatic heterocycles. The number of halogens is 2. The maximum Gasteiger partial charge on any atom is 0.267 e. The van der Waals surface area contributed by atoms with Crippen molar-refractivity contribution >= 4 is 5.95 Å². The fourth-order valence-corrected chi connectivity index (χ4v) is 0.709. The summed E-state index contributed by atoms with van der Waals surface area (Å²) >= 11 is 0. The minimum Gasteiger partial charge on any atom is -0.368 e. The molecule has 0 aliphatic carbocycles. The number of rotatable bonds is 1. The summed E-state index contributed by atoms with van der Waals surface area (Å²) in [7, 11) is 0. The van der Waals surface area contributed by atoms with Crippen molar-refractivity contribution in [1.82, 2.24) is 9.97 Å². The fourth-order valence-electron chi connectivity index (χ4n) is 0.709. The molecule has 0 spiro atoms. The van der Waals surface area contributed by atoms with E-state index in [4.69, 9.17) is 5.73 Å². The van der Waals surface area contributed by atoms with Gasteiger partial charge in [0.05, 0.1) is 11.3 Å². The first-order chi connectivity index (χ1) is 5.11. The van der Waals surface area contributed by atoms with Crippen LogP contribution in [-0.2, 0) is 0 Å². The van der Waals surface area contributed by atoms with E-state index in [-0.39, 0.29) is 17.2 Å². The van der Waals surface area contributed by atoms with Crippen LogP contribution < -0.4 is 5.73 Å². The molecule has 1 rings (SSSR count). The molecular weight excluding hydrogens is 152 g/mol. The van der Waals surface area contributed by atoms with E-state index in [2.05, 4.69) is 9.97 Å². The van der Waals surface area contributed by atoms with Crippen LogP contribution in [0, 0.1) is 6.92 Å². The Hall–Kier alpha value is -1.26. The van der Waals surface area contributed by atoms with Crippen molar-refractivity contribution in [2.75, 3.05) is 5.73 Å². The number of hydrogen-bond donors (Lipinski definition) is 1. The molecule has 0 atom stereocenters. The normalized spacial score (nSPS) is 10.5. The zero-order valence-electron chi connectivity index (χ0n) is 5.88. The molecule has 3 nitrogen and oxygen atoms in total. The predicted molar refractivity (Wildman–Crippen MR) is 36.1 cm³/mol. The van der Waals surface area contributed by atoms with E-state index in [1.165, 1.54) is 6.92 Å². The van der Waals surface area contributed by atoms with Crippen LogP contribution >= 0.6 is 0 Å². The van der Waals surface area contributed by atoms with Gasteiger partial charge in [-0.25, -0.2) is 18.7 Å². The van der Waals surface area contributed by atoms with Crippen LogP contribution in [0.2, 0.25) is 0 Å². The van der Waals surface area contributed by atoms with Gasteiger partial charge in [-0.1, -0.05) is 0 Å². The van der Waals surface area contributed by atoms with Gasteiger partial charge in [-0.15, -0.1) is 0 Å². The maximum atomic E-state index is 12.0. The molecule has 2 N–H and O–H groups in total. The largest absolute Gasteiger partial charge is 0.368 e. The lowest BCUT2D eigenvalue weighted by atomic mass is 10.2. The van der Waals surface area contributed by atoms with Gasteiger partial charge in [0.15, 0.2) is 0 Å². The number of alkyl halides is 2. The molecule has 0 aliphatic rings. The van der Waals surface area contributed by atoms with Gasteiger partial charge in [0.25, 0.3) is 6.43 Å². The highest BCUT2D eigenvalue weighted by Gasteiger charge is 2.11. The van der Waals surface area contributed by atoms with Gasteiger partial charge in [0, 0.05) is 6.20 Å². The smallest absolute Gasteiger partial charge is 0.267 e. The van der Waals surface area contributed by atoms with Gasteiger partial charge in [0.2, 0.25) is 5.95 Å². The Balaban J connectivity index is 3.09. The highest BCUT2D eigenvalue weighted by atomic mass is 19.3. The van der Waals surface area contributed by atoms with Crippen molar-refractivity contribution in [1.29, 1.82) is 0 Å². The molecular formula is C6H7F2N3. The van der Waals surface area contributed by atoms with Gasteiger partial charge in [-0.3, -0.25) is 0 Å². The van der Waals surface area contributed by atoms with E-state index in [0.717, 1.165) is 6.20 Å². The second-order valence-electron chi connectivity index (χ2n) is 2.07. The summed E-state index contributed by atoms with van der Waals surface area (Å²) in [5.74, 6) is 0.0203. The van der Waals surface area contributed by atoms with Gasteiger partial charge < -0.3 is 5.73 Å². The number of anilines is 1. The molecule has 0 aromatic carbocycles. The Morgan fingerprint density at radius 3 is 2.64 bits per heavy atom. The summed E-state index contributed by atoms with van der Waals surface area (Å²) in [6.45, 7) is 1.47. The fraction of sp³-hybridized carbons (Fsp3) is 0.333. The van der Waals surface area contributed by atoms with Crippen molar-refractivity contribution in [3.8, 4) is 0 Å². The van der Waals surface area contributed by atoms with Crippen LogP contribution in [0.25, 0.3) is 0 Å². The van der Waals surface area contributed by atoms with Crippen LogP contribution in [0.4, 0.5) is 14.7 Å². The average Bonchev–Trinajstić information content (AvgIpc) is 1.85. The van der Waals surface area contributed by atoms with Gasteiger partial charge in [-0.2, -0.15) is 0 Å². The van der Waals surface area contributed by atoms with Crippen molar-refractivity contribution in [3.63, 3.8) is 0 Å². The second-order valence-corrected chi connectivity index (χ2v) is 2.07. The molecule has 0 unspecified atom stereocenters. The minimum atomic E-state index is -2.53. The standard InChI is InChI=1S/C6H7F2N3/c1-3-4(5(7)8)2-10-6(9)11-3/h2,5H,1H3,(H2,9,10,11). The van der Waals surface area contributed by atoms with Crippen molar-refractivity contribution < 1.29 is 8.78 Å². The first-order valence-corrected chi connectivity index (χ1v) is 2.98. The summed E-state index contributed by atoms with van der Waals surface area (Å²) in [6, 6.07) is 0. The third-order valence-corrected chi connectivity index (χ3v) is 1.27. The quantitative estimate of drug-likeness (QED) is 0.672. The molecule has 0 saturated carbocycles. The van der Waals surface area contributed by atoms with Gasteiger partial charge >= 0.3 is 0 Å². The number of hydrogen-bond acceptors (Lipinski definition) is 3. The van der Waals surface area contributed by atoms with E-state index in [0.29, 0.717) is 0 Å². The van der Waals surface area contributed by atoms with E-state index < -0.39 is 6.43 Å². The molecule has 1 heterocycles. The Kier molecular flexibility index (Phi) is 1.98. The topological polar surface area (TPSA) is 51.8 Å². The third-order valence-electron chi connectivity index (χ3n) is 1.27. The highest BCUT2D eigenvalue weighted by Crippen LogP contribution is 2.19. The number of nitrogens with zero attached hydrogens (tertiary/aromatic N) is 2. The molecule has 1 aromatic rings. The molecule has 0 saturated heterocycles. The molecule has 0 bridgehead atoms. The van der Waals surface area contributed by atoms with Crippen molar-refractivity contribution in [2.24, 2.45) is 0 Å². The first-order valence-electron chi connectivity index (χ1n) is 2.98. The molecule has 60 valence electrons. The van der Waals surface area contributed by atoms with E-state index in [1.807, 2.05) is 0 Å². The van der Waals surface area contributed by atoms with E-state index >= 15 is 0 Å². The molecule has 0 radical (unpaired) electrons. The van der Waals surface area contributed by atoms with Crippen LogP contribution in [-0.4, -0.2) is 9.97 Å². The summed E-state index contributed by atoms with van der Waals surface area (Å²) in [5, 5.41) is 0. The lowest BCUT2D eigenvalue weighted by molar-refractivity contribution is 0.149. The highest BCUT2D eigenvalue weighted by molar-refractivity contribution is 5.24. The van der Waals surface area contributed by atoms with Gasteiger partial charge in [0.1, 0.15) is 0 Å². The predicted octanol–water partition coefficient (Wildman–Crippen LogP) is 1.30. The van der Waals surface area contributed by atoms with Crippen LogP contribution in [0.15, 0.2) is 6.20 Å². The first kappa shape index (κ1) is 7.84. The lowest BCUT2D eigenvalue weighted by Crippen LogP contribution is -2.00. The molecule has 0 aliphatic heterocycles. The number of aromatic nitrogens is 2.